The van der Waals surface area contributed by atoms with Crippen LogP contribution in [0.25, 0.3) is 0 Å². The van der Waals surface area contributed by atoms with E-state index in [9.17, 15) is 0 Å². The average molecular weight is 276 g/mol. The molecule has 0 spiro atoms. The lowest BCUT2D eigenvalue weighted by Gasteiger charge is -2.21. The lowest BCUT2D eigenvalue weighted by molar-refractivity contribution is 0.305. The van der Waals surface area contributed by atoms with E-state index < -0.39 is 0 Å². The number of rotatable bonds is 8. The zero-order chi connectivity index (χ0) is 14.2. The molecule has 1 aliphatic rings. The summed E-state index contributed by atoms with van der Waals surface area (Å²) in [5.74, 6) is 0.975. The summed E-state index contributed by atoms with van der Waals surface area (Å²) in [5, 5.41) is 3.58. The first-order valence-corrected chi connectivity index (χ1v) is 8.04. The van der Waals surface area contributed by atoms with Crippen molar-refractivity contribution in [2.24, 2.45) is 0 Å². The largest absolute Gasteiger partial charge is 0.492 e. The van der Waals surface area contributed by atoms with Crippen LogP contribution >= 0.6 is 0 Å². The van der Waals surface area contributed by atoms with E-state index in [1.54, 1.807) is 0 Å². The van der Waals surface area contributed by atoms with E-state index in [-0.39, 0.29) is 0 Å². The van der Waals surface area contributed by atoms with Gasteiger partial charge in [-0.15, -0.1) is 0 Å². The van der Waals surface area contributed by atoms with Crippen molar-refractivity contribution >= 4 is 5.69 Å². The van der Waals surface area contributed by atoms with E-state index >= 15 is 0 Å². The first-order chi connectivity index (χ1) is 9.83. The summed E-state index contributed by atoms with van der Waals surface area (Å²) in [6.45, 7) is 8.12. The fourth-order valence-corrected chi connectivity index (χ4v) is 2.92. The highest BCUT2D eigenvalue weighted by Crippen LogP contribution is 2.21. The number of nitrogens with zero attached hydrogens (tertiary/aromatic N) is 1. The molecule has 0 unspecified atom stereocenters. The van der Waals surface area contributed by atoms with Crippen LogP contribution in [0.4, 0.5) is 5.69 Å². The Hall–Kier alpha value is -1.22. The highest BCUT2D eigenvalue weighted by Gasteiger charge is 2.13. The number of ether oxygens (including phenoxy) is 1. The molecule has 1 aliphatic carbocycles. The van der Waals surface area contributed by atoms with Crippen LogP contribution in [0.1, 0.15) is 39.5 Å². The Morgan fingerprint density at radius 1 is 1.20 bits per heavy atom. The van der Waals surface area contributed by atoms with Gasteiger partial charge in [0.05, 0.1) is 0 Å². The van der Waals surface area contributed by atoms with Crippen molar-refractivity contribution < 1.29 is 4.74 Å². The monoisotopic (exact) mass is 276 g/mol. The Bertz CT molecular complexity index is 384. The Balaban J connectivity index is 1.76. The maximum Gasteiger partial charge on any atom is 0.121 e. The number of hydrogen-bond donors (Lipinski definition) is 1. The molecule has 1 N–H and O–H groups in total. The summed E-state index contributed by atoms with van der Waals surface area (Å²) in [7, 11) is 0. The molecule has 0 radical (unpaired) electrons. The standard InChI is InChI=1S/C17H28N2O/c1-3-19(4-2)16-10-7-11-17(14-16)20-13-12-18-15-8-5-6-9-15/h7,10-11,14-15,18H,3-6,8-9,12-13H2,1-2H3. The molecule has 0 heterocycles. The van der Waals surface area contributed by atoms with Crippen LogP contribution in [0.15, 0.2) is 24.3 Å². The summed E-state index contributed by atoms with van der Waals surface area (Å²) < 4.78 is 5.86. The highest BCUT2D eigenvalue weighted by molar-refractivity contribution is 5.50. The van der Waals surface area contributed by atoms with Gasteiger partial charge in [-0.2, -0.15) is 0 Å². The lowest BCUT2D eigenvalue weighted by Crippen LogP contribution is -2.30. The minimum absolute atomic E-state index is 0.723. The molecule has 1 aromatic rings. The van der Waals surface area contributed by atoms with Crippen molar-refractivity contribution in [3.63, 3.8) is 0 Å². The maximum atomic E-state index is 5.86. The molecule has 1 fully saturated rings. The Kier molecular flexibility index (Phi) is 6.19. The first-order valence-electron chi connectivity index (χ1n) is 8.04. The third-order valence-electron chi connectivity index (χ3n) is 4.11. The van der Waals surface area contributed by atoms with Crippen LogP contribution in [0.5, 0.6) is 5.75 Å². The van der Waals surface area contributed by atoms with Crippen LogP contribution in [-0.4, -0.2) is 32.3 Å². The number of nitrogens with one attached hydrogen (secondary N) is 1. The molecule has 0 atom stereocenters. The molecule has 1 saturated carbocycles. The van der Waals surface area contributed by atoms with Gasteiger partial charge in [0.25, 0.3) is 0 Å². The van der Waals surface area contributed by atoms with Gasteiger partial charge in [0, 0.05) is 37.4 Å². The minimum atomic E-state index is 0.723. The van der Waals surface area contributed by atoms with Gasteiger partial charge in [0.2, 0.25) is 0 Å². The molecule has 112 valence electrons. The summed E-state index contributed by atoms with van der Waals surface area (Å²) in [6, 6.07) is 9.13. The predicted molar refractivity (Wildman–Crippen MR) is 85.8 cm³/mol. The summed E-state index contributed by atoms with van der Waals surface area (Å²) >= 11 is 0. The van der Waals surface area contributed by atoms with Crippen molar-refractivity contribution in [1.82, 2.24) is 5.32 Å². The van der Waals surface area contributed by atoms with Crippen molar-refractivity contribution in [1.29, 1.82) is 0 Å². The normalized spacial score (nSPS) is 15.5. The zero-order valence-corrected chi connectivity index (χ0v) is 12.9. The van der Waals surface area contributed by atoms with Gasteiger partial charge in [0.1, 0.15) is 12.4 Å². The number of benzene rings is 1. The first kappa shape index (κ1) is 15.2. The van der Waals surface area contributed by atoms with E-state index in [1.807, 2.05) is 6.07 Å². The van der Waals surface area contributed by atoms with E-state index in [4.69, 9.17) is 4.74 Å². The third kappa shape index (κ3) is 4.41. The van der Waals surface area contributed by atoms with Crippen molar-refractivity contribution in [2.45, 2.75) is 45.6 Å². The van der Waals surface area contributed by atoms with Gasteiger partial charge in [-0.3, -0.25) is 0 Å². The molecule has 2 rings (SSSR count). The van der Waals surface area contributed by atoms with Gasteiger partial charge in [-0.1, -0.05) is 18.9 Å². The smallest absolute Gasteiger partial charge is 0.121 e. The fraction of sp³-hybridized carbons (Fsp3) is 0.647. The SMILES string of the molecule is CCN(CC)c1cccc(OCCNC2CCCC2)c1. The Morgan fingerprint density at radius 3 is 2.65 bits per heavy atom. The van der Waals surface area contributed by atoms with Gasteiger partial charge >= 0.3 is 0 Å². The Labute approximate surface area is 123 Å². The highest BCUT2D eigenvalue weighted by atomic mass is 16.5. The molecular formula is C17H28N2O. The molecule has 0 aliphatic heterocycles. The van der Waals surface area contributed by atoms with Crippen LogP contribution in [0.3, 0.4) is 0 Å². The van der Waals surface area contributed by atoms with E-state index in [0.29, 0.717) is 0 Å². The van der Waals surface area contributed by atoms with Crippen LogP contribution in [0.2, 0.25) is 0 Å². The molecular weight excluding hydrogens is 248 g/mol. The summed E-state index contributed by atoms with van der Waals surface area (Å²) in [6.07, 6.45) is 5.42. The Morgan fingerprint density at radius 2 is 1.95 bits per heavy atom. The van der Waals surface area contributed by atoms with Crippen LogP contribution in [-0.2, 0) is 0 Å². The molecule has 3 heteroatoms. The quantitative estimate of drug-likeness (QED) is 0.736. The van der Waals surface area contributed by atoms with Crippen molar-refractivity contribution in [3.8, 4) is 5.75 Å². The summed E-state index contributed by atoms with van der Waals surface area (Å²) in [4.78, 5) is 2.34. The van der Waals surface area contributed by atoms with Crippen molar-refractivity contribution in [3.05, 3.63) is 24.3 Å². The van der Waals surface area contributed by atoms with E-state index in [0.717, 1.165) is 38.0 Å². The molecule has 0 amide bonds. The number of anilines is 1. The van der Waals surface area contributed by atoms with Gasteiger partial charge in [-0.25, -0.2) is 0 Å². The average Bonchev–Trinajstić information content (AvgIpc) is 2.99. The van der Waals surface area contributed by atoms with Crippen LogP contribution in [0, 0.1) is 0 Å². The molecule has 1 aromatic carbocycles. The second-order valence-corrected chi connectivity index (χ2v) is 5.45. The molecule has 0 aromatic heterocycles. The summed E-state index contributed by atoms with van der Waals surface area (Å²) in [5.41, 5.74) is 1.25. The molecule has 0 bridgehead atoms. The maximum absolute atomic E-state index is 5.86. The van der Waals surface area contributed by atoms with Gasteiger partial charge < -0.3 is 15.0 Å². The minimum Gasteiger partial charge on any atom is -0.492 e. The second kappa shape index (κ2) is 8.15. The predicted octanol–water partition coefficient (Wildman–Crippen LogP) is 3.44. The molecule has 20 heavy (non-hydrogen) atoms. The van der Waals surface area contributed by atoms with Crippen LogP contribution < -0.4 is 15.0 Å². The van der Waals surface area contributed by atoms with E-state index in [1.165, 1.54) is 31.4 Å². The van der Waals surface area contributed by atoms with E-state index in [2.05, 4.69) is 42.3 Å². The van der Waals surface area contributed by atoms with Gasteiger partial charge in [0.15, 0.2) is 0 Å². The zero-order valence-electron chi connectivity index (χ0n) is 12.9. The molecule has 0 saturated heterocycles. The number of hydrogen-bond acceptors (Lipinski definition) is 3. The topological polar surface area (TPSA) is 24.5 Å². The second-order valence-electron chi connectivity index (χ2n) is 5.45. The fourth-order valence-electron chi connectivity index (χ4n) is 2.92. The lowest BCUT2D eigenvalue weighted by atomic mass is 10.2. The molecule has 3 nitrogen and oxygen atoms in total. The van der Waals surface area contributed by atoms with Gasteiger partial charge in [-0.05, 0) is 38.8 Å². The van der Waals surface area contributed by atoms with Crippen molar-refractivity contribution in [2.75, 3.05) is 31.1 Å². The third-order valence-corrected chi connectivity index (χ3v) is 4.11.